The molecular weight excluding hydrogens is 299 g/mol. The molecule has 1 unspecified atom stereocenters. The summed E-state index contributed by atoms with van der Waals surface area (Å²) < 4.78 is 0.357. The van der Waals surface area contributed by atoms with Gasteiger partial charge < -0.3 is 0 Å². The van der Waals surface area contributed by atoms with E-state index in [9.17, 15) is 0 Å². The summed E-state index contributed by atoms with van der Waals surface area (Å²) in [6.45, 7) is 2.13. The van der Waals surface area contributed by atoms with Crippen LogP contribution in [0.4, 0.5) is 0 Å². The molecular formula is C12H15IN2. The maximum absolute atomic E-state index is 9.01. The van der Waals surface area contributed by atoms with Crippen LogP contribution in [0.3, 0.4) is 0 Å². The molecule has 1 atom stereocenters. The second-order valence-corrected chi connectivity index (χ2v) is 5.39. The van der Waals surface area contributed by atoms with Crippen LogP contribution in [0, 0.1) is 40.4 Å². The summed E-state index contributed by atoms with van der Waals surface area (Å²) in [5.74, 6) is 2.42. The van der Waals surface area contributed by atoms with Crippen molar-refractivity contribution in [1.82, 2.24) is 0 Å². The first kappa shape index (κ1) is 14.3. The molecule has 0 saturated heterocycles. The van der Waals surface area contributed by atoms with E-state index >= 15 is 0 Å². The molecule has 15 heavy (non-hydrogen) atoms. The summed E-state index contributed by atoms with van der Waals surface area (Å²) in [5.41, 5.74) is -0.978. The van der Waals surface area contributed by atoms with Crippen LogP contribution in [-0.2, 0) is 0 Å². The van der Waals surface area contributed by atoms with Crippen LogP contribution in [0.2, 0.25) is 0 Å². The Morgan fingerprint density at radius 3 is 2.40 bits per heavy atom. The summed E-state index contributed by atoms with van der Waals surface area (Å²) in [7, 11) is 0. The second-order valence-electron chi connectivity index (χ2n) is 3.63. The summed E-state index contributed by atoms with van der Waals surface area (Å²) in [6.07, 6.45) is 9.31. The average molecular weight is 314 g/mol. The zero-order chi connectivity index (χ0) is 11.7. The van der Waals surface area contributed by atoms with Crippen LogP contribution in [0.15, 0.2) is 0 Å². The average Bonchev–Trinajstić information content (AvgIpc) is 2.25. The van der Waals surface area contributed by atoms with E-state index in [1.807, 2.05) is 0 Å². The third-order valence-electron chi connectivity index (χ3n) is 2.27. The lowest BCUT2D eigenvalue weighted by Gasteiger charge is -2.19. The molecule has 0 N–H and O–H groups in total. The van der Waals surface area contributed by atoms with Crippen LogP contribution in [0.5, 0.6) is 0 Å². The summed E-state index contributed by atoms with van der Waals surface area (Å²) >= 11 is 2.31. The maximum Gasteiger partial charge on any atom is 0.155 e. The third-order valence-corrected chi connectivity index (χ3v) is 3.34. The molecule has 80 valence electrons. The van der Waals surface area contributed by atoms with Gasteiger partial charge >= 0.3 is 0 Å². The molecule has 0 rings (SSSR count). The Labute approximate surface area is 106 Å². The predicted octanol–water partition coefficient (Wildman–Crippen LogP) is 3.43. The molecule has 0 amide bonds. The minimum Gasteiger partial charge on any atom is -0.197 e. The number of alkyl halides is 1. The molecule has 0 spiro atoms. The van der Waals surface area contributed by atoms with Crippen molar-refractivity contribution in [3.8, 4) is 24.5 Å². The molecule has 0 radical (unpaired) electrons. The third kappa shape index (κ3) is 5.05. The van der Waals surface area contributed by atoms with Gasteiger partial charge in [-0.1, -0.05) is 42.4 Å². The van der Waals surface area contributed by atoms with Gasteiger partial charge in [-0.3, -0.25) is 0 Å². The van der Waals surface area contributed by atoms with E-state index in [2.05, 4.69) is 47.6 Å². The zero-order valence-corrected chi connectivity index (χ0v) is 11.1. The fourth-order valence-corrected chi connectivity index (χ4v) is 2.54. The molecule has 0 heterocycles. The Bertz CT molecular complexity index is 289. The van der Waals surface area contributed by atoms with Crippen molar-refractivity contribution in [3.05, 3.63) is 0 Å². The van der Waals surface area contributed by atoms with E-state index in [-0.39, 0.29) is 6.42 Å². The molecule has 0 aliphatic rings. The minimum atomic E-state index is -0.978. The normalized spacial score (nSPS) is 12.2. The molecule has 0 fully saturated rings. The fourth-order valence-electron chi connectivity index (χ4n) is 1.35. The predicted molar refractivity (Wildman–Crippen MR) is 69.1 cm³/mol. The van der Waals surface area contributed by atoms with Gasteiger partial charge in [0.05, 0.1) is 12.1 Å². The number of unbranched alkanes of at least 4 members (excludes halogenated alkanes) is 1. The Hall–Kier alpha value is -0.730. The molecule has 0 aromatic heterocycles. The van der Waals surface area contributed by atoms with Crippen LogP contribution in [-0.4, -0.2) is 3.92 Å². The van der Waals surface area contributed by atoms with E-state index in [1.54, 1.807) is 0 Å². The van der Waals surface area contributed by atoms with Gasteiger partial charge in [0.2, 0.25) is 0 Å². The second kappa shape index (κ2) is 7.55. The van der Waals surface area contributed by atoms with Gasteiger partial charge in [0, 0.05) is 10.3 Å². The number of terminal acetylenes is 1. The monoisotopic (exact) mass is 314 g/mol. The first-order chi connectivity index (χ1) is 7.14. The molecule has 2 nitrogen and oxygen atoms in total. The highest BCUT2D eigenvalue weighted by Gasteiger charge is 2.31. The van der Waals surface area contributed by atoms with Crippen molar-refractivity contribution >= 4 is 22.6 Å². The Kier molecular flexibility index (Phi) is 7.18. The topological polar surface area (TPSA) is 47.6 Å². The summed E-state index contributed by atoms with van der Waals surface area (Å²) in [5, 5.41) is 18.0. The lowest BCUT2D eigenvalue weighted by atomic mass is 9.82. The fraction of sp³-hybridized carbons (Fsp3) is 0.667. The number of halogens is 1. The first-order valence-corrected chi connectivity index (χ1v) is 6.28. The van der Waals surface area contributed by atoms with E-state index in [1.165, 1.54) is 0 Å². The van der Waals surface area contributed by atoms with Crippen molar-refractivity contribution in [3.63, 3.8) is 0 Å². The molecule has 0 saturated carbocycles. The molecule has 0 bridgehead atoms. The first-order valence-electron chi connectivity index (χ1n) is 5.04. The van der Waals surface area contributed by atoms with Gasteiger partial charge in [0.1, 0.15) is 0 Å². The quantitative estimate of drug-likeness (QED) is 0.428. The molecule has 3 heteroatoms. The van der Waals surface area contributed by atoms with Gasteiger partial charge in [0.25, 0.3) is 0 Å². The Morgan fingerprint density at radius 2 is 2.00 bits per heavy atom. The highest BCUT2D eigenvalue weighted by Crippen LogP contribution is 2.31. The highest BCUT2D eigenvalue weighted by molar-refractivity contribution is 14.1. The lowest BCUT2D eigenvalue weighted by Crippen LogP contribution is -2.20. The van der Waals surface area contributed by atoms with Crippen LogP contribution >= 0.6 is 22.6 Å². The summed E-state index contributed by atoms with van der Waals surface area (Å²) in [4.78, 5) is 0. The molecule has 0 aliphatic carbocycles. The van der Waals surface area contributed by atoms with E-state index in [4.69, 9.17) is 16.9 Å². The largest absolute Gasteiger partial charge is 0.197 e. The number of nitrogens with zero attached hydrogens (tertiary/aromatic N) is 2. The summed E-state index contributed by atoms with van der Waals surface area (Å²) in [6, 6.07) is 4.13. The number of hydrogen-bond acceptors (Lipinski definition) is 2. The number of hydrogen-bond donors (Lipinski definition) is 0. The Morgan fingerprint density at radius 1 is 1.40 bits per heavy atom. The van der Waals surface area contributed by atoms with Crippen molar-refractivity contribution < 1.29 is 0 Å². The number of rotatable bonds is 6. The lowest BCUT2D eigenvalue weighted by molar-refractivity contribution is 0.471. The van der Waals surface area contributed by atoms with Gasteiger partial charge in [-0.25, -0.2) is 0 Å². The number of nitriles is 2. The van der Waals surface area contributed by atoms with Crippen molar-refractivity contribution in [1.29, 1.82) is 10.5 Å². The van der Waals surface area contributed by atoms with Gasteiger partial charge in [-0.15, -0.1) is 12.3 Å². The van der Waals surface area contributed by atoms with E-state index in [0.29, 0.717) is 10.3 Å². The SMILES string of the molecule is C#CCC(C#N)(C#N)CC(I)CCCC. The van der Waals surface area contributed by atoms with Crippen LogP contribution < -0.4 is 0 Å². The minimum absolute atomic E-state index is 0.228. The van der Waals surface area contributed by atoms with Gasteiger partial charge in [-0.2, -0.15) is 10.5 Å². The van der Waals surface area contributed by atoms with Gasteiger partial charge in [-0.05, 0) is 12.8 Å². The van der Waals surface area contributed by atoms with Crippen LogP contribution in [0.1, 0.15) is 39.0 Å². The maximum atomic E-state index is 9.01. The highest BCUT2D eigenvalue weighted by atomic mass is 127. The van der Waals surface area contributed by atoms with Crippen LogP contribution in [0.25, 0.3) is 0 Å². The Balaban J connectivity index is 4.38. The van der Waals surface area contributed by atoms with Crippen molar-refractivity contribution in [2.45, 2.75) is 43.0 Å². The molecule has 0 aromatic carbocycles. The van der Waals surface area contributed by atoms with Crippen molar-refractivity contribution in [2.24, 2.45) is 5.41 Å². The van der Waals surface area contributed by atoms with Crippen molar-refractivity contribution in [2.75, 3.05) is 0 Å². The molecule has 0 aliphatic heterocycles. The van der Waals surface area contributed by atoms with Gasteiger partial charge in [0.15, 0.2) is 5.41 Å². The standard InChI is InChI=1S/C12H15IN2/c1-3-5-6-11(13)8-12(9-14,10-15)7-4-2/h2,11H,3,5-8H2,1H3. The van der Waals surface area contributed by atoms with E-state index in [0.717, 1.165) is 19.3 Å². The molecule has 0 aromatic rings. The smallest absolute Gasteiger partial charge is 0.155 e. The van der Waals surface area contributed by atoms with E-state index < -0.39 is 5.41 Å². The zero-order valence-electron chi connectivity index (χ0n) is 8.96.